The smallest absolute Gasteiger partial charge is 0.0701 e. The molecule has 2 heterocycles. The highest BCUT2D eigenvalue weighted by Crippen LogP contribution is 2.26. The van der Waals surface area contributed by atoms with Crippen LogP contribution < -0.4 is 5.32 Å². The molecule has 0 amide bonds. The van der Waals surface area contributed by atoms with E-state index in [1.807, 2.05) is 0 Å². The van der Waals surface area contributed by atoms with Gasteiger partial charge in [0.2, 0.25) is 0 Å². The second-order valence-electron chi connectivity index (χ2n) is 3.96. The second kappa shape index (κ2) is 4.93. The molecule has 1 aliphatic rings. The first-order valence-electron chi connectivity index (χ1n) is 4.88. The maximum Gasteiger partial charge on any atom is 0.0701 e. The number of ether oxygens (including phenoxy) is 1. The molecule has 0 saturated carbocycles. The Morgan fingerprint density at radius 1 is 1.53 bits per heavy atom. The fraction of sp³-hybridized carbons (Fsp3) is 0.600. The molecule has 3 nitrogen and oxygen atoms in total. The van der Waals surface area contributed by atoms with Crippen LogP contribution in [0.2, 0.25) is 0 Å². The molecule has 0 bridgehead atoms. The van der Waals surface area contributed by atoms with E-state index in [1.165, 1.54) is 4.88 Å². The third kappa shape index (κ3) is 2.79. The highest BCUT2D eigenvalue weighted by molar-refractivity contribution is 9.11. The molecule has 1 saturated heterocycles. The lowest BCUT2D eigenvalue weighted by Crippen LogP contribution is -2.52. The molecule has 15 heavy (non-hydrogen) atoms. The van der Waals surface area contributed by atoms with Crippen molar-refractivity contribution in [1.82, 2.24) is 5.32 Å². The van der Waals surface area contributed by atoms with Gasteiger partial charge in [-0.25, -0.2) is 0 Å². The monoisotopic (exact) mass is 291 g/mol. The van der Waals surface area contributed by atoms with E-state index in [1.54, 1.807) is 11.3 Å². The second-order valence-corrected chi connectivity index (χ2v) is 6.51. The molecule has 1 fully saturated rings. The van der Waals surface area contributed by atoms with Crippen molar-refractivity contribution < 1.29 is 9.84 Å². The summed E-state index contributed by atoms with van der Waals surface area (Å²) in [7, 11) is 0. The number of hydrogen-bond donors (Lipinski definition) is 2. The zero-order chi connectivity index (χ0) is 10.7. The molecule has 0 aromatic carbocycles. The van der Waals surface area contributed by atoms with Crippen molar-refractivity contribution in [3.05, 3.63) is 20.8 Å². The Labute approximate surface area is 102 Å². The third-order valence-corrected chi connectivity index (χ3v) is 4.20. The minimum Gasteiger partial charge on any atom is -0.396 e. The first kappa shape index (κ1) is 11.5. The van der Waals surface area contributed by atoms with Crippen molar-refractivity contribution in [2.24, 2.45) is 5.41 Å². The minimum atomic E-state index is -0.0332. The number of rotatable bonds is 5. The summed E-state index contributed by atoms with van der Waals surface area (Å²) in [5.41, 5.74) is -0.0332. The summed E-state index contributed by atoms with van der Waals surface area (Å²) < 4.78 is 6.29. The van der Waals surface area contributed by atoms with Gasteiger partial charge >= 0.3 is 0 Å². The summed E-state index contributed by atoms with van der Waals surface area (Å²) in [6.45, 7) is 3.22. The van der Waals surface area contributed by atoms with E-state index in [2.05, 4.69) is 33.4 Å². The molecule has 84 valence electrons. The van der Waals surface area contributed by atoms with Crippen LogP contribution in [-0.2, 0) is 11.3 Å². The molecule has 2 rings (SSSR count). The van der Waals surface area contributed by atoms with Crippen LogP contribution in [0.3, 0.4) is 0 Å². The van der Waals surface area contributed by atoms with E-state index < -0.39 is 0 Å². The first-order valence-corrected chi connectivity index (χ1v) is 6.49. The largest absolute Gasteiger partial charge is 0.396 e. The van der Waals surface area contributed by atoms with Crippen molar-refractivity contribution in [2.75, 3.05) is 26.4 Å². The Kier molecular flexibility index (Phi) is 3.79. The van der Waals surface area contributed by atoms with E-state index in [0.29, 0.717) is 13.2 Å². The summed E-state index contributed by atoms with van der Waals surface area (Å²) in [6, 6.07) is 4.15. The van der Waals surface area contributed by atoms with Crippen molar-refractivity contribution in [3.8, 4) is 0 Å². The van der Waals surface area contributed by atoms with Gasteiger partial charge in [-0.1, -0.05) is 0 Å². The summed E-state index contributed by atoms with van der Waals surface area (Å²) in [5.74, 6) is 0. The summed E-state index contributed by atoms with van der Waals surface area (Å²) in [5, 5.41) is 12.6. The number of halogens is 1. The van der Waals surface area contributed by atoms with Gasteiger partial charge in [0.1, 0.15) is 0 Å². The lowest BCUT2D eigenvalue weighted by molar-refractivity contribution is -0.134. The van der Waals surface area contributed by atoms with Gasteiger partial charge < -0.3 is 15.2 Å². The van der Waals surface area contributed by atoms with Gasteiger partial charge in [0.15, 0.2) is 0 Å². The molecule has 1 aromatic heterocycles. The average molecular weight is 292 g/mol. The fourth-order valence-electron chi connectivity index (χ4n) is 1.54. The van der Waals surface area contributed by atoms with E-state index in [0.717, 1.165) is 16.9 Å². The minimum absolute atomic E-state index is 0.0332. The Balaban J connectivity index is 1.74. The maximum atomic E-state index is 9.21. The van der Waals surface area contributed by atoms with Crippen molar-refractivity contribution in [3.63, 3.8) is 0 Å². The van der Waals surface area contributed by atoms with Gasteiger partial charge in [0.05, 0.1) is 29.0 Å². The van der Waals surface area contributed by atoms with Crippen molar-refractivity contribution in [1.29, 1.82) is 0 Å². The molecule has 0 unspecified atom stereocenters. The van der Waals surface area contributed by atoms with Crippen LogP contribution in [0.15, 0.2) is 15.9 Å². The van der Waals surface area contributed by atoms with Crippen molar-refractivity contribution >= 4 is 27.3 Å². The topological polar surface area (TPSA) is 41.5 Å². The third-order valence-electron chi connectivity index (χ3n) is 2.58. The summed E-state index contributed by atoms with van der Waals surface area (Å²) in [4.78, 5) is 1.30. The number of nitrogens with one attached hydrogen (secondary N) is 1. The number of aliphatic hydroxyl groups excluding tert-OH is 1. The normalized spacial score (nSPS) is 18.8. The van der Waals surface area contributed by atoms with Crippen LogP contribution in [0.5, 0.6) is 0 Å². The van der Waals surface area contributed by atoms with Crippen molar-refractivity contribution in [2.45, 2.75) is 6.54 Å². The Bertz CT molecular complexity index is 319. The van der Waals surface area contributed by atoms with Gasteiger partial charge in [-0.15, -0.1) is 11.3 Å². The molecule has 0 atom stereocenters. The highest BCUT2D eigenvalue weighted by Gasteiger charge is 2.37. The molecule has 1 aromatic rings. The average Bonchev–Trinajstić information content (AvgIpc) is 2.56. The van der Waals surface area contributed by atoms with E-state index >= 15 is 0 Å². The Hall–Kier alpha value is 0.0600. The lowest BCUT2D eigenvalue weighted by Gasteiger charge is -2.39. The molecular weight excluding hydrogens is 278 g/mol. The quantitative estimate of drug-likeness (QED) is 0.866. The number of aliphatic hydroxyl groups is 1. The molecule has 0 spiro atoms. The summed E-state index contributed by atoms with van der Waals surface area (Å²) >= 11 is 5.16. The number of thiophene rings is 1. The van der Waals surface area contributed by atoms with Crippen LogP contribution in [-0.4, -0.2) is 31.5 Å². The molecular formula is C10H14BrNO2S. The SMILES string of the molecule is OCC1(CNCc2ccc(Br)s2)COC1. The standard InChI is InChI=1S/C10H14BrNO2S/c11-9-2-1-8(15-9)3-12-4-10(5-13)6-14-7-10/h1-2,12-13H,3-7H2. The highest BCUT2D eigenvalue weighted by atomic mass is 79.9. The predicted octanol–water partition coefficient (Wildman–Crippen LogP) is 1.61. The molecule has 2 N–H and O–H groups in total. The molecule has 0 radical (unpaired) electrons. The van der Waals surface area contributed by atoms with E-state index in [9.17, 15) is 5.11 Å². The Morgan fingerprint density at radius 2 is 2.33 bits per heavy atom. The summed E-state index contributed by atoms with van der Waals surface area (Å²) in [6.07, 6.45) is 0. The van der Waals surface area contributed by atoms with Gasteiger partial charge in [-0.2, -0.15) is 0 Å². The van der Waals surface area contributed by atoms with Crippen LogP contribution in [0.25, 0.3) is 0 Å². The lowest BCUT2D eigenvalue weighted by atomic mass is 9.87. The maximum absolute atomic E-state index is 9.21. The number of hydrogen-bond acceptors (Lipinski definition) is 4. The molecule has 1 aliphatic heterocycles. The van der Waals surface area contributed by atoms with Gasteiger partial charge in [0.25, 0.3) is 0 Å². The van der Waals surface area contributed by atoms with Gasteiger partial charge in [-0.05, 0) is 28.1 Å². The van der Waals surface area contributed by atoms with Crippen LogP contribution >= 0.6 is 27.3 Å². The van der Waals surface area contributed by atoms with Crippen LogP contribution in [0, 0.1) is 5.41 Å². The fourth-order valence-corrected chi connectivity index (χ4v) is 2.99. The van der Waals surface area contributed by atoms with E-state index in [-0.39, 0.29) is 12.0 Å². The van der Waals surface area contributed by atoms with Gasteiger partial charge in [0, 0.05) is 18.0 Å². The van der Waals surface area contributed by atoms with E-state index in [4.69, 9.17) is 4.74 Å². The van der Waals surface area contributed by atoms with Gasteiger partial charge in [-0.3, -0.25) is 0 Å². The van der Waals surface area contributed by atoms with Crippen LogP contribution in [0.1, 0.15) is 4.88 Å². The Morgan fingerprint density at radius 3 is 2.80 bits per heavy atom. The zero-order valence-electron chi connectivity index (χ0n) is 8.33. The predicted molar refractivity (Wildman–Crippen MR) is 64.1 cm³/mol. The molecule has 5 heteroatoms. The zero-order valence-corrected chi connectivity index (χ0v) is 10.7. The first-order chi connectivity index (χ1) is 7.24. The molecule has 0 aliphatic carbocycles. The van der Waals surface area contributed by atoms with Crippen LogP contribution in [0.4, 0.5) is 0 Å².